The van der Waals surface area contributed by atoms with Crippen LogP contribution in [-0.2, 0) is 17.3 Å². The van der Waals surface area contributed by atoms with Gasteiger partial charge in [0.1, 0.15) is 0 Å². The Morgan fingerprint density at radius 3 is 1.12 bits per heavy atom. The number of aromatic nitrogens is 4. The molecule has 113 heavy (non-hydrogen) atoms. The van der Waals surface area contributed by atoms with Crippen LogP contribution < -0.4 is 4.90 Å². The van der Waals surface area contributed by atoms with Gasteiger partial charge in [-0.25, -0.2) is 0 Å². The molecule has 6 heteroatoms. The second-order valence-corrected chi connectivity index (χ2v) is 32.0. The Kier molecular flexibility index (Phi) is 17.1. The lowest BCUT2D eigenvalue weighted by atomic mass is 9.81. The summed E-state index contributed by atoms with van der Waals surface area (Å²) < 4.78 is 10.4. The zero-order valence-electron chi connectivity index (χ0n) is 63.4. The van der Waals surface area contributed by atoms with Crippen LogP contribution in [0.25, 0.3) is 133 Å². The largest absolute Gasteiger partial charge is 0.316 e. The third kappa shape index (κ3) is 12.2. The van der Waals surface area contributed by atoms with Crippen LogP contribution in [0.2, 0.25) is 0 Å². The number of anilines is 3. The van der Waals surface area contributed by atoms with Gasteiger partial charge < -0.3 is 23.2 Å². The van der Waals surface area contributed by atoms with E-state index in [-0.39, 0.29) is 10.8 Å². The molecule has 5 nitrogen and oxygen atoms in total. The van der Waals surface area contributed by atoms with Gasteiger partial charge in [0.15, 0.2) is 0 Å². The van der Waals surface area contributed by atoms with E-state index in [1.54, 1.807) is 0 Å². The summed E-state index contributed by atoms with van der Waals surface area (Å²) in [5, 5.41) is 7.43. The first kappa shape index (κ1) is 68.7. The number of rotatable bonds is 11. The Balaban J connectivity index is 0.000000122. The van der Waals surface area contributed by atoms with E-state index in [0.717, 1.165) is 39.3 Å². The topological polar surface area (TPSA) is 23.0 Å². The van der Waals surface area contributed by atoms with Crippen molar-refractivity contribution in [3.8, 4) is 67.3 Å². The van der Waals surface area contributed by atoms with Gasteiger partial charge in [0, 0.05) is 99.8 Å². The van der Waals surface area contributed by atoms with Gasteiger partial charge in [-0.2, -0.15) is 0 Å². The van der Waals surface area contributed by atoms with E-state index in [4.69, 9.17) is 0 Å². The Morgan fingerprint density at radius 2 is 0.619 bits per heavy atom. The summed E-state index contributed by atoms with van der Waals surface area (Å²) in [6, 6.07) is 141. The molecular formula is C107H80BrN5. The predicted molar refractivity (Wildman–Crippen MR) is 479 cm³/mol. The normalized spacial score (nSPS) is 12.8. The van der Waals surface area contributed by atoms with Crippen molar-refractivity contribution < 1.29 is 0 Å². The fourth-order valence-corrected chi connectivity index (χ4v) is 18.4. The number of hydrogen-bond acceptors (Lipinski definition) is 1. The zero-order chi connectivity index (χ0) is 75.9. The summed E-state index contributed by atoms with van der Waals surface area (Å²) in [5.41, 5.74) is 33.9. The standard InChI is InChI=1S/C53H39N3.C28H24.C26H17BrN2/c1-53(2)48-21-13-12-20-44(48)45-28-26-43(34-49(45)53)55(41-24-22-37(23-25-41)36-14-6-3-7-15-36)42-27-29-50-47(33-42)46-32-38-30-31-54(39-16-8-4-9-17-39)51(38)35-52(46)56(50)40-18-10-5-11-19-40;1-28(2)26-11-7-6-10-24(26)25-17-14-21(19-27(25)28)18-20-12-15-23(16-13-20)22-8-4-3-5-9-22;27-19-11-12-24-23(16-19)22-15-18-13-14-28(20-7-3-1-4-8-20)25(18)17-26(22)29(24)21-9-5-2-6-10-21/h3-35H,1-2H3;3-17,19H,18H2,1-2H3;1-17H. The molecule has 540 valence electrons. The number of hydrogen-bond donors (Lipinski definition) is 0. The maximum absolute atomic E-state index is 3.65. The lowest BCUT2D eigenvalue weighted by molar-refractivity contribution is 0.659. The molecule has 0 N–H and O–H groups in total. The molecule has 0 atom stereocenters. The van der Waals surface area contributed by atoms with Gasteiger partial charge in [-0.3, -0.25) is 0 Å². The highest BCUT2D eigenvalue weighted by atomic mass is 79.9. The van der Waals surface area contributed by atoms with Crippen LogP contribution in [0.4, 0.5) is 17.1 Å². The van der Waals surface area contributed by atoms with Crippen LogP contribution in [0.5, 0.6) is 0 Å². The van der Waals surface area contributed by atoms with Gasteiger partial charge in [-0.15, -0.1) is 0 Å². The third-order valence-electron chi connectivity index (χ3n) is 23.6. The molecule has 20 aromatic rings. The van der Waals surface area contributed by atoms with E-state index in [0.29, 0.717) is 0 Å². The van der Waals surface area contributed by atoms with Crippen molar-refractivity contribution in [3.05, 3.63) is 438 Å². The fraction of sp³-hybridized carbons (Fsp3) is 0.0654. The van der Waals surface area contributed by atoms with Crippen LogP contribution in [0.3, 0.4) is 0 Å². The summed E-state index contributed by atoms with van der Waals surface area (Å²) in [6.45, 7) is 9.40. The molecule has 0 bridgehead atoms. The number of nitrogens with zero attached hydrogens (tertiary/aromatic N) is 5. The summed E-state index contributed by atoms with van der Waals surface area (Å²) in [7, 11) is 0. The van der Waals surface area contributed by atoms with Crippen molar-refractivity contribution in [2.45, 2.75) is 44.9 Å². The van der Waals surface area contributed by atoms with E-state index in [9.17, 15) is 0 Å². The molecule has 4 heterocycles. The molecule has 0 spiro atoms. The first-order valence-electron chi connectivity index (χ1n) is 39.1. The average molecular weight is 1520 g/mol. The first-order chi connectivity index (χ1) is 55.4. The minimum absolute atomic E-state index is 0.0686. The lowest BCUT2D eigenvalue weighted by Crippen LogP contribution is -2.16. The highest BCUT2D eigenvalue weighted by Gasteiger charge is 2.37. The van der Waals surface area contributed by atoms with Crippen molar-refractivity contribution in [1.29, 1.82) is 0 Å². The maximum atomic E-state index is 3.65. The highest BCUT2D eigenvalue weighted by molar-refractivity contribution is 9.10. The van der Waals surface area contributed by atoms with Crippen LogP contribution in [0, 0.1) is 0 Å². The zero-order valence-corrected chi connectivity index (χ0v) is 65.0. The van der Waals surface area contributed by atoms with Crippen LogP contribution in [0.1, 0.15) is 61.1 Å². The fourth-order valence-electron chi connectivity index (χ4n) is 18.0. The average Bonchev–Trinajstić information content (AvgIpc) is 1.58. The molecule has 2 aliphatic rings. The Morgan fingerprint density at radius 1 is 0.257 bits per heavy atom. The van der Waals surface area contributed by atoms with Crippen molar-refractivity contribution in [2.75, 3.05) is 4.90 Å². The molecule has 2 aliphatic carbocycles. The second kappa shape index (κ2) is 28.1. The molecule has 0 saturated heterocycles. The van der Waals surface area contributed by atoms with E-state index in [1.807, 2.05) is 0 Å². The second-order valence-electron chi connectivity index (χ2n) is 31.0. The number of benzene rings is 16. The number of fused-ring (bicyclic) bond motifs is 14. The van der Waals surface area contributed by atoms with Crippen LogP contribution in [-0.4, -0.2) is 18.3 Å². The molecular weight excluding hydrogens is 1440 g/mol. The molecule has 0 saturated carbocycles. The number of para-hydroxylation sites is 4. The van der Waals surface area contributed by atoms with Gasteiger partial charge in [0.2, 0.25) is 0 Å². The molecule has 0 aliphatic heterocycles. The van der Waals surface area contributed by atoms with Crippen LogP contribution >= 0.6 is 15.9 Å². The molecule has 16 aromatic carbocycles. The minimum Gasteiger partial charge on any atom is -0.316 e. The van der Waals surface area contributed by atoms with E-state index in [2.05, 4.69) is 467 Å². The van der Waals surface area contributed by atoms with Crippen molar-refractivity contribution in [3.63, 3.8) is 0 Å². The molecule has 0 unspecified atom stereocenters. The lowest BCUT2D eigenvalue weighted by Gasteiger charge is -2.28. The van der Waals surface area contributed by atoms with E-state index >= 15 is 0 Å². The van der Waals surface area contributed by atoms with Gasteiger partial charge in [-0.1, -0.05) is 286 Å². The summed E-state index contributed by atoms with van der Waals surface area (Å²) >= 11 is 3.65. The maximum Gasteiger partial charge on any atom is 0.0562 e. The van der Waals surface area contributed by atoms with E-state index < -0.39 is 0 Å². The molecule has 0 amide bonds. The quantitative estimate of drug-likeness (QED) is 0.127. The van der Waals surface area contributed by atoms with Gasteiger partial charge in [0.05, 0.1) is 33.1 Å². The van der Waals surface area contributed by atoms with Gasteiger partial charge in [-0.05, 0) is 230 Å². The highest BCUT2D eigenvalue weighted by Crippen LogP contribution is 2.53. The minimum atomic E-state index is -0.112. The van der Waals surface area contributed by atoms with E-state index in [1.165, 1.54) is 155 Å². The Hall–Kier alpha value is -13.5. The number of halogens is 1. The monoisotopic (exact) mass is 1510 g/mol. The summed E-state index contributed by atoms with van der Waals surface area (Å²) in [5.74, 6) is 0. The molecule has 4 aromatic heterocycles. The SMILES string of the molecule is Brc1ccc2c(c1)c1cc3ccn(-c4ccccc4)c3cc1n2-c1ccccc1.CC1(C)c2ccccc2-c2ccc(Cc3ccc(-c4ccccc4)cc3)cc21.CC1(C)c2ccccc2-c2ccc(N(c3ccc(-c4ccccc4)cc3)c3ccc4c(c3)c3cc5ccn(-c6ccccc6)c5cc3n4-c3ccccc3)cc21. The predicted octanol–water partition coefficient (Wildman–Crippen LogP) is 28.9. The molecule has 0 fully saturated rings. The Bertz CT molecular complexity index is 6970. The van der Waals surface area contributed by atoms with Crippen molar-refractivity contribution in [1.82, 2.24) is 18.3 Å². The molecule has 22 rings (SSSR count). The Labute approximate surface area is 667 Å². The van der Waals surface area contributed by atoms with Crippen molar-refractivity contribution >= 4 is 98.4 Å². The first-order valence-corrected chi connectivity index (χ1v) is 39.9. The summed E-state index contributed by atoms with van der Waals surface area (Å²) in [4.78, 5) is 2.43. The van der Waals surface area contributed by atoms with Gasteiger partial charge >= 0.3 is 0 Å². The van der Waals surface area contributed by atoms with Crippen LogP contribution in [0.15, 0.2) is 405 Å². The van der Waals surface area contributed by atoms with Gasteiger partial charge in [0.25, 0.3) is 0 Å². The molecule has 0 radical (unpaired) electrons. The third-order valence-corrected chi connectivity index (χ3v) is 24.1. The van der Waals surface area contributed by atoms with Crippen molar-refractivity contribution in [2.24, 2.45) is 0 Å². The summed E-state index contributed by atoms with van der Waals surface area (Å²) in [6.07, 6.45) is 5.31. The smallest absolute Gasteiger partial charge is 0.0562 e.